The minimum absolute atomic E-state index is 0.123. The Hall–Kier alpha value is -3.96. The molecule has 5 nitrogen and oxygen atoms in total. The van der Waals surface area contributed by atoms with Gasteiger partial charge in [0.25, 0.3) is 5.70 Å². The molecule has 0 saturated carbocycles. The Kier molecular flexibility index (Phi) is 7.52. The summed E-state index contributed by atoms with van der Waals surface area (Å²) in [5, 5.41) is 9.17. The van der Waals surface area contributed by atoms with Gasteiger partial charge >= 0.3 is 6.18 Å². The lowest BCUT2D eigenvalue weighted by Crippen LogP contribution is -2.28. The minimum atomic E-state index is -4.41. The summed E-state index contributed by atoms with van der Waals surface area (Å²) in [7, 11) is 3.87. The lowest BCUT2D eigenvalue weighted by molar-refractivity contribution is -0.143. The summed E-state index contributed by atoms with van der Waals surface area (Å²) < 4.78 is 44.2. The Morgan fingerprint density at radius 1 is 1.19 bits per heavy atom. The highest BCUT2D eigenvalue weighted by atomic mass is 19.4. The van der Waals surface area contributed by atoms with Crippen molar-refractivity contribution >= 4 is 11.8 Å². The van der Waals surface area contributed by atoms with Gasteiger partial charge in [-0.3, -0.25) is 0 Å². The number of rotatable bonds is 6. The van der Waals surface area contributed by atoms with Gasteiger partial charge in [-0.15, -0.1) is 0 Å². The van der Waals surface area contributed by atoms with Gasteiger partial charge in [0.1, 0.15) is 11.4 Å². The summed E-state index contributed by atoms with van der Waals surface area (Å²) in [4.78, 5) is 8.38. The normalized spacial score (nSPS) is 20.1. The van der Waals surface area contributed by atoms with Gasteiger partial charge in [0, 0.05) is 31.8 Å². The van der Waals surface area contributed by atoms with E-state index in [1.165, 1.54) is 13.0 Å². The second-order valence-corrected chi connectivity index (χ2v) is 7.43. The maximum Gasteiger partial charge on any atom is 0.389 e. The number of ether oxygens (including phenoxy) is 1. The standard InChI is InChI=1S/C24H21F3N4O/c1-23(14-15-24(25,26)27)19(21(30-3)22(32-23)20(16-28)29-2)9-7-6-8-17-10-12-18(13-11-17)31(4)5/h6-13H,14-15H2,1,4-5H3/b8-6+,9-7+,22-20+. The van der Waals surface area contributed by atoms with E-state index >= 15 is 0 Å². The third-order valence-corrected chi connectivity index (χ3v) is 4.87. The van der Waals surface area contributed by atoms with Crippen molar-refractivity contribution in [3.63, 3.8) is 0 Å². The number of nitrogens with zero attached hydrogens (tertiary/aromatic N) is 4. The zero-order chi connectivity index (χ0) is 23.9. The molecule has 0 N–H and O–H groups in total. The molecule has 8 heteroatoms. The molecule has 0 spiro atoms. The van der Waals surface area contributed by atoms with Gasteiger partial charge in [-0.25, -0.2) is 15.0 Å². The van der Waals surface area contributed by atoms with Gasteiger partial charge in [0.15, 0.2) is 0 Å². The summed E-state index contributed by atoms with van der Waals surface area (Å²) in [6, 6.07) is 9.40. The zero-order valence-corrected chi connectivity index (χ0v) is 17.9. The van der Waals surface area contributed by atoms with Crippen LogP contribution in [0.2, 0.25) is 0 Å². The molecule has 1 aliphatic rings. The van der Waals surface area contributed by atoms with E-state index in [0.29, 0.717) is 0 Å². The van der Waals surface area contributed by atoms with E-state index in [1.54, 1.807) is 18.2 Å². The monoisotopic (exact) mass is 438 g/mol. The van der Waals surface area contributed by atoms with E-state index in [-0.39, 0.29) is 17.0 Å². The second-order valence-electron chi connectivity index (χ2n) is 7.43. The molecule has 164 valence electrons. The van der Waals surface area contributed by atoms with Gasteiger partial charge in [-0.2, -0.15) is 13.2 Å². The Bertz CT molecular complexity index is 1090. The molecule has 1 aromatic carbocycles. The van der Waals surface area contributed by atoms with Crippen molar-refractivity contribution in [3.8, 4) is 6.07 Å². The van der Waals surface area contributed by atoms with Crippen molar-refractivity contribution in [2.24, 2.45) is 0 Å². The fraction of sp³-hybridized carbons (Fsp3) is 0.292. The average Bonchev–Trinajstić information content (AvgIpc) is 3.02. The first-order valence-electron chi connectivity index (χ1n) is 9.57. The molecule has 1 atom stereocenters. The first kappa shape index (κ1) is 24.3. The lowest BCUT2D eigenvalue weighted by Gasteiger charge is -2.28. The summed E-state index contributed by atoms with van der Waals surface area (Å²) in [6.45, 7) is 16.0. The van der Waals surface area contributed by atoms with Crippen molar-refractivity contribution in [2.45, 2.75) is 31.5 Å². The Balaban J connectivity index is 2.40. The fourth-order valence-corrected chi connectivity index (χ4v) is 3.12. The molecule has 32 heavy (non-hydrogen) atoms. The fourth-order valence-electron chi connectivity index (χ4n) is 3.12. The van der Waals surface area contributed by atoms with Crippen molar-refractivity contribution < 1.29 is 17.9 Å². The summed E-state index contributed by atoms with van der Waals surface area (Å²) in [6.07, 6.45) is 0.613. The first-order valence-corrected chi connectivity index (χ1v) is 9.57. The molecule has 0 radical (unpaired) electrons. The van der Waals surface area contributed by atoms with Crippen molar-refractivity contribution in [1.82, 2.24) is 0 Å². The molecule has 1 aromatic rings. The van der Waals surface area contributed by atoms with Gasteiger partial charge in [0.05, 0.1) is 19.2 Å². The van der Waals surface area contributed by atoms with Crippen LogP contribution in [0.3, 0.4) is 0 Å². The van der Waals surface area contributed by atoms with Crippen molar-refractivity contribution in [2.75, 3.05) is 19.0 Å². The van der Waals surface area contributed by atoms with Gasteiger partial charge < -0.3 is 9.64 Å². The lowest BCUT2D eigenvalue weighted by atomic mass is 9.90. The second kappa shape index (κ2) is 9.90. The highest BCUT2D eigenvalue weighted by Crippen LogP contribution is 2.45. The number of anilines is 1. The SMILES string of the molecule is [C-]#[N+]C1=C(/C=C/C=C/c2ccc(N(C)C)cc2)C(C)(CCC(F)(F)F)O/C1=C(\C#N)[N+]#[C-]. The number of benzene rings is 1. The number of hydrogen-bond acceptors (Lipinski definition) is 3. The summed E-state index contributed by atoms with van der Waals surface area (Å²) in [5.41, 5.74) is 0.0880. The van der Waals surface area contributed by atoms with E-state index in [0.717, 1.165) is 11.3 Å². The topological polar surface area (TPSA) is 45.0 Å². The van der Waals surface area contributed by atoms with Crippen LogP contribution >= 0.6 is 0 Å². The van der Waals surface area contributed by atoms with Crippen LogP contribution in [0.1, 0.15) is 25.3 Å². The Labute approximate surface area is 185 Å². The first-order chi connectivity index (χ1) is 15.0. The molecule has 1 heterocycles. The molecule has 0 saturated heterocycles. The van der Waals surface area contributed by atoms with Gasteiger partial charge in [-0.1, -0.05) is 36.4 Å². The van der Waals surface area contributed by atoms with Crippen molar-refractivity contribution in [1.29, 1.82) is 5.26 Å². The highest BCUT2D eigenvalue weighted by Gasteiger charge is 2.44. The smallest absolute Gasteiger partial charge is 0.389 e. The van der Waals surface area contributed by atoms with E-state index in [2.05, 4.69) is 9.69 Å². The largest absolute Gasteiger partial charge is 0.505 e. The molecular formula is C24H21F3N4O. The third kappa shape index (κ3) is 5.80. The number of alkyl halides is 3. The number of halogens is 3. The van der Waals surface area contributed by atoms with E-state index in [4.69, 9.17) is 23.1 Å². The van der Waals surface area contributed by atoms with Crippen LogP contribution in [0.25, 0.3) is 15.8 Å². The number of nitriles is 1. The minimum Gasteiger partial charge on any atom is -0.505 e. The molecule has 1 aliphatic heterocycles. The molecule has 1 unspecified atom stereocenters. The van der Waals surface area contributed by atoms with Crippen molar-refractivity contribution in [3.05, 3.63) is 93.6 Å². The molecule has 0 aromatic heterocycles. The molecule has 0 amide bonds. The van der Waals surface area contributed by atoms with E-state index < -0.39 is 30.3 Å². The Morgan fingerprint density at radius 3 is 2.31 bits per heavy atom. The number of hydrogen-bond donors (Lipinski definition) is 0. The average molecular weight is 438 g/mol. The van der Waals surface area contributed by atoms with Gasteiger partial charge in [-0.05, 0) is 31.0 Å². The van der Waals surface area contributed by atoms with Crippen LogP contribution in [0.15, 0.2) is 65.2 Å². The highest BCUT2D eigenvalue weighted by molar-refractivity contribution is 5.58. The molecule has 0 fully saturated rings. The Morgan fingerprint density at radius 2 is 1.81 bits per heavy atom. The molecule has 2 rings (SSSR count). The predicted octanol–water partition coefficient (Wildman–Crippen LogP) is 6.28. The van der Waals surface area contributed by atoms with Crippen LogP contribution in [0.4, 0.5) is 18.9 Å². The van der Waals surface area contributed by atoms with Crippen LogP contribution < -0.4 is 4.90 Å². The number of allylic oxidation sites excluding steroid dienone is 3. The molecular weight excluding hydrogens is 417 g/mol. The van der Waals surface area contributed by atoms with Crippen LogP contribution in [-0.2, 0) is 4.74 Å². The van der Waals surface area contributed by atoms with Crippen LogP contribution in [-0.4, -0.2) is 25.9 Å². The predicted molar refractivity (Wildman–Crippen MR) is 117 cm³/mol. The van der Waals surface area contributed by atoms with Crippen LogP contribution in [0.5, 0.6) is 0 Å². The zero-order valence-electron chi connectivity index (χ0n) is 17.9. The van der Waals surface area contributed by atoms with E-state index in [9.17, 15) is 13.2 Å². The molecule has 0 bridgehead atoms. The third-order valence-electron chi connectivity index (χ3n) is 4.87. The van der Waals surface area contributed by atoms with Gasteiger partial charge in [0.2, 0.25) is 5.70 Å². The maximum atomic E-state index is 12.9. The van der Waals surface area contributed by atoms with E-state index in [1.807, 2.05) is 49.3 Å². The maximum absolute atomic E-state index is 12.9. The molecule has 0 aliphatic carbocycles. The van der Waals surface area contributed by atoms with Crippen LogP contribution in [0, 0.1) is 24.5 Å². The summed E-state index contributed by atoms with van der Waals surface area (Å²) >= 11 is 0. The quantitative estimate of drug-likeness (QED) is 0.298. The summed E-state index contributed by atoms with van der Waals surface area (Å²) in [5.74, 6) is -0.273.